The average molecular weight is 419 g/mol. The van der Waals surface area contributed by atoms with Gasteiger partial charge in [-0.3, -0.25) is 14.4 Å². The second kappa shape index (κ2) is 10.8. The number of rotatable bonds is 10. The zero-order chi connectivity index (χ0) is 21.4. The number of Topliss-reactive ketones (excluding diaryl/α,β-unsaturated/α-hetero) is 1. The van der Waals surface area contributed by atoms with Crippen molar-refractivity contribution in [2.45, 2.75) is 46.6 Å². The fourth-order valence-corrected chi connectivity index (χ4v) is 3.21. The van der Waals surface area contributed by atoms with Crippen LogP contribution in [0.1, 0.15) is 58.3 Å². The lowest BCUT2D eigenvalue weighted by Gasteiger charge is -2.08. The molecular formula is C22H27ClN2O4. The van der Waals surface area contributed by atoms with Gasteiger partial charge in [0, 0.05) is 47.0 Å². The van der Waals surface area contributed by atoms with Crippen LogP contribution in [0.4, 0.5) is 0 Å². The van der Waals surface area contributed by atoms with E-state index in [1.807, 2.05) is 19.9 Å². The number of halogens is 1. The lowest BCUT2D eigenvalue weighted by molar-refractivity contribution is -0.142. The summed E-state index contributed by atoms with van der Waals surface area (Å²) in [4.78, 5) is 36.2. The van der Waals surface area contributed by atoms with Gasteiger partial charge in [0.05, 0.1) is 0 Å². The van der Waals surface area contributed by atoms with Gasteiger partial charge in [0.15, 0.2) is 6.61 Å². The van der Waals surface area contributed by atoms with Gasteiger partial charge in [-0.05, 0) is 57.0 Å². The smallest absolute Gasteiger partial charge is 0.306 e. The number of amides is 1. The molecule has 1 N–H and O–H groups in total. The van der Waals surface area contributed by atoms with Gasteiger partial charge in [-0.15, -0.1) is 0 Å². The molecule has 0 saturated heterocycles. The first-order valence-corrected chi connectivity index (χ1v) is 10.1. The van der Waals surface area contributed by atoms with Crippen molar-refractivity contribution in [2.24, 2.45) is 0 Å². The largest absolute Gasteiger partial charge is 0.457 e. The molecule has 1 aromatic carbocycles. The number of esters is 1. The van der Waals surface area contributed by atoms with Crippen molar-refractivity contribution in [3.8, 4) is 0 Å². The molecule has 0 atom stereocenters. The van der Waals surface area contributed by atoms with Crippen LogP contribution in [-0.4, -0.2) is 35.4 Å². The molecule has 0 aliphatic rings. The first kappa shape index (κ1) is 22.7. The van der Waals surface area contributed by atoms with Gasteiger partial charge in [0.1, 0.15) is 0 Å². The van der Waals surface area contributed by atoms with E-state index in [0.717, 1.165) is 24.4 Å². The molecule has 1 heterocycles. The van der Waals surface area contributed by atoms with Crippen molar-refractivity contribution < 1.29 is 19.1 Å². The monoisotopic (exact) mass is 418 g/mol. The summed E-state index contributed by atoms with van der Waals surface area (Å²) in [6.07, 6.45) is 1.54. The molecular weight excluding hydrogens is 392 g/mol. The van der Waals surface area contributed by atoms with Gasteiger partial charge in [0.2, 0.25) is 5.78 Å². The molecule has 2 aromatic rings. The summed E-state index contributed by atoms with van der Waals surface area (Å²) in [5.74, 6) is -0.890. The molecule has 7 heteroatoms. The van der Waals surface area contributed by atoms with E-state index >= 15 is 0 Å². The number of nitrogens with one attached hydrogen (secondary N) is 1. The Morgan fingerprint density at radius 3 is 2.48 bits per heavy atom. The summed E-state index contributed by atoms with van der Waals surface area (Å²) in [6.45, 7) is 6.87. The maximum atomic E-state index is 12.4. The minimum absolute atomic E-state index is 0.128. The number of aryl methyl sites for hydroxylation is 1. The Bertz CT molecular complexity index is 872. The zero-order valence-corrected chi connectivity index (χ0v) is 17.8. The van der Waals surface area contributed by atoms with Crippen LogP contribution in [0, 0.1) is 13.8 Å². The zero-order valence-electron chi connectivity index (χ0n) is 17.1. The number of hydrogen-bond acceptors (Lipinski definition) is 4. The third-order valence-corrected chi connectivity index (χ3v) is 4.89. The van der Waals surface area contributed by atoms with Gasteiger partial charge < -0.3 is 14.6 Å². The second-order valence-electron chi connectivity index (χ2n) is 6.89. The van der Waals surface area contributed by atoms with Crippen molar-refractivity contribution in [3.63, 3.8) is 0 Å². The van der Waals surface area contributed by atoms with E-state index in [0.29, 0.717) is 29.1 Å². The molecule has 0 unspecified atom stereocenters. The molecule has 0 bridgehead atoms. The van der Waals surface area contributed by atoms with Crippen LogP contribution in [0.3, 0.4) is 0 Å². The lowest BCUT2D eigenvalue weighted by Crippen LogP contribution is -2.25. The van der Waals surface area contributed by atoms with Gasteiger partial charge in [-0.2, -0.15) is 0 Å². The Morgan fingerprint density at radius 1 is 1.14 bits per heavy atom. The van der Waals surface area contributed by atoms with Crippen molar-refractivity contribution in [1.29, 1.82) is 0 Å². The van der Waals surface area contributed by atoms with Crippen molar-refractivity contribution in [3.05, 3.63) is 57.9 Å². The maximum Gasteiger partial charge on any atom is 0.306 e. The topological polar surface area (TPSA) is 77.4 Å². The second-order valence-corrected chi connectivity index (χ2v) is 7.32. The highest BCUT2D eigenvalue weighted by molar-refractivity contribution is 6.30. The fraction of sp³-hybridized carbons (Fsp3) is 0.409. The molecule has 1 amide bonds. The minimum Gasteiger partial charge on any atom is -0.457 e. The lowest BCUT2D eigenvalue weighted by atomic mass is 10.1. The van der Waals surface area contributed by atoms with Crippen LogP contribution in [-0.2, 0) is 16.1 Å². The van der Waals surface area contributed by atoms with E-state index in [2.05, 4.69) is 16.8 Å². The summed E-state index contributed by atoms with van der Waals surface area (Å²) in [7, 11) is 0. The Morgan fingerprint density at radius 2 is 1.83 bits per heavy atom. The summed E-state index contributed by atoms with van der Waals surface area (Å²) in [6, 6.07) is 8.40. The van der Waals surface area contributed by atoms with E-state index in [1.54, 1.807) is 24.3 Å². The standard InChI is InChI=1S/C22H27ClN2O4/c1-4-12-25-15(2)13-19(16(25)3)20(26)14-29-21(27)6-5-11-24-22(28)17-7-9-18(23)10-8-17/h7-10,13H,4-6,11-12,14H2,1-3H3,(H,24,28). The Balaban J connectivity index is 1.72. The molecule has 0 aliphatic carbocycles. The summed E-state index contributed by atoms with van der Waals surface area (Å²) >= 11 is 5.79. The van der Waals surface area contributed by atoms with E-state index in [-0.39, 0.29) is 24.7 Å². The number of carbonyl (C=O) groups is 3. The quantitative estimate of drug-likeness (QED) is 0.358. The molecule has 0 saturated carbocycles. The molecule has 29 heavy (non-hydrogen) atoms. The molecule has 2 rings (SSSR count). The number of hydrogen-bond donors (Lipinski definition) is 1. The highest BCUT2D eigenvalue weighted by atomic mass is 35.5. The molecule has 6 nitrogen and oxygen atoms in total. The first-order valence-electron chi connectivity index (χ1n) is 9.72. The van der Waals surface area contributed by atoms with Gasteiger partial charge in [0.25, 0.3) is 5.91 Å². The number of nitrogens with zero attached hydrogens (tertiary/aromatic N) is 1. The average Bonchev–Trinajstić information content (AvgIpc) is 2.98. The van der Waals surface area contributed by atoms with Gasteiger partial charge >= 0.3 is 5.97 Å². The summed E-state index contributed by atoms with van der Waals surface area (Å²) < 4.78 is 7.20. The molecule has 0 radical (unpaired) electrons. The van der Waals surface area contributed by atoms with Crippen LogP contribution < -0.4 is 5.32 Å². The molecule has 1 aromatic heterocycles. The van der Waals surface area contributed by atoms with Crippen molar-refractivity contribution in [1.82, 2.24) is 9.88 Å². The predicted octanol–water partition coefficient (Wildman–Crippen LogP) is 4.10. The number of ketones is 1. The predicted molar refractivity (Wildman–Crippen MR) is 113 cm³/mol. The van der Waals surface area contributed by atoms with Gasteiger partial charge in [-0.25, -0.2) is 0 Å². The highest BCUT2D eigenvalue weighted by Crippen LogP contribution is 2.16. The third-order valence-electron chi connectivity index (χ3n) is 4.64. The fourth-order valence-electron chi connectivity index (χ4n) is 3.09. The van der Waals surface area contributed by atoms with Crippen molar-refractivity contribution >= 4 is 29.3 Å². The number of carbonyl (C=O) groups excluding carboxylic acids is 3. The Kier molecular flexibility index (Phi) is 8.46. The van der Waals surface area contributed by atoms with Crippen LogP contribution in [0.5, 0.6) is 0 Å². The highest BCUT2D eigenvalue weighted by Gasteiger charge is 2.17. The van der Waals surface area contributed by atoms with Gasteiger partial charge in [-0.1, -0.05) is 18.5 Å². The normalized spacial score (nSPS) is 10.6. The number of aromatic nitrogens is 1. The van der Waals surface area contributed by atoms with E-state index < -0.39 is 5.97 Å². The molecule has 156 valence electrons. The summed E-state index contributed by atoms with van der Waals surface area (Å²) in [5, 5.41) is 3.29. The Labute approximate surface area is 176 Å². The van der Waals surface area contributed by atoms with Crippen LogP contribution in [0.25, 0.3) is 0 Å². The maximum absolute atomic E-state index is 12.4. The molecule has 0 fully saturated rings. The van der Waals surface area contributed by atoms with Crippen LogP contribution >= 0.6 is 11.6 Å². The van der Waals surface area contributed by atoms with E-state index in [1.165, 1.54) is 0 Å². The SMILES string of the molecule is CCCn1c(C)cc(C(=O)COC(=O)CCCNC(=O)c2ccc(Cl)cc2)c1C. The van der Waals surface area contributed by atoms with E-state index in [9.17, 15) is 14.4 Å². The first-order chi connectivity index (χ1) is 13.8. The molecule has 0 spiro atoms. The minimum atomic E-state index is -0.457. The van der Waals surface area contributed by atoms with Crippen LogP contribution in [0.15, 0.2) is 30.3 Å². The Hall–Kier alpha value is -2.60. The van der Waals surface area contributed by atoms with Crippen molar-refractivity contribution in [2.75, 3.05) is 13.2 Å². The number of ether oxygens (including phenoxy) is 1. The van der Waals surface area contributed by atoms with Crippen LogP contribution in [0.2, 0.25) is 5.02 Å². The summed E-state index contributed by atoms with van der Waals surface area (Å²) in [5.41, 5.74) is 3.02. The number of benzene rings is 1. The third kappa shape index (κ3) is 6.46. The van der Waals surface area contributed by atoms with E-state index in [4.69, 9.17) is 16.3 Å². The molecule has 0 aliphatic heterocycles.